The summed E-state index contributed by atoms with van der Waals surface area (Å²) in [6.07, 6.45) is 3.95. The number of rotatable bonds is 12. The summed E-state index contributed by atoms with van der Waals surface area (Å²) in [6, 6.07) is 0. The molecule has 0 bridgehead atoms. The van der Waals surface area contributed by atoms with Gasteiger partial charge in [0.25, 0.3) is 0 Å². The minimum absolute atomic E-state index is 0.390. The van der Waals surface area contributed by atoms with E-state index in [-0.39, 0.29) is 6.10 Å². The Bertz CT molecular complexity index is 133. The van der Waals surface area contributed by atoms with E-state index < -0.39 is 0 Å². The molecule has 0 saturated carbocycles. The number of aliphatic hydroxyl groups excluding tert-OH is 1. The van der Waals surface area contributed by atoms with Crippen molar-refractivity contribution in [3.05, 3.63) is 0 Å². The number of hydrogen-bond acceptors (Lipinski definition) is 4. The Labute approximate surface area is 99.3 Å². The average Bonchev–Trinajstić information content (AvgIpc) is 2.29. The normalized spacial score (nSPS) is 12.9. The topological polar surface area (TPSA) is 50.7 Å². The third-order valence-electron chi connectivity index (χ3n) is 2.28. The van der Waals surface area contributed by atoms with Crippen LogP contribution in [0.1, 0.15) is 32.6 Å². The van der Waals surface area contributed by atoms with Crippen molar-refractivity contribution in [2.45, 2.75) is 38.7 Å². The van der Waals surface area contributed by atoms with Crippen molar-refractivity contribution in [3.63, 3.8) is 0 Å². The molecule has 0 aromatic carbocycles. The van der Waals surface area contributed by atoms with E-state index in [1.807, 2.05) is 0 Å². The third-order valence-corrected chi connectivity index (χ3v) is 2.28. The third kappa shape index (κ3) is 11.9. The molecule has 0 heterocycles. The largest absolute Gasteiger partial charge is 0.389 e. The Kier molecular flexibility index (Phi) is 12.8. The molecule has 0 radical (unpaired) electrons. The predicted octanol–water partition coefficient (Wildman–Crippen LogP) is 1.18. The lowest BCUT2D eigenvalue weighted by Crippen LogP contribution is -2.31. The molecule has 0 aliphatic rings. The molecule has 0 aliphatic carbocycles. The van der Waals surface area contributed by atoms with Crippen LogP contribution in [0.5, 0.6) is 0 Å². The molecule has 0 aliphatic heterocycles. The molecular formula is C12H27NO3. The van der Waals surface area contributed by atoms with Crippen LogP contribution < -0.4 is 5.32 Å². The summed E-state index contributed by atoms with van der Waals surface area (Å²) in [5, 5.41) is 12.7. The maximum atomic E-state index is 9.54. The predicted molar refractivity (Wildman–Crippen MR) is 65.7 cm³/mol. The highest BCUT2D eigenvalue weighted by molar-refractivity contribution is 4.58. The molecule has 0 fully saturated rings. The molecule has 0 spiro atoms. The summed E-state index contributed by atoms with van der Waals surface area (Å²) in [5.74, 6) is 0. The van der Waals surface area contributed by atoms with Crippen molar-refractivity contribution >= 4 is 0 Å². The Balaban J connectivity index is 3.08. The van der Waals surface area contributed by atoms with Gasteiger partial charge in [0.1, 0.15) is 0 Å². The van der Waals surface area contributed by atoms with E-state index in [2.05, 4.69) is 12.2 Å². The van der Waals surface area contributed by atoms with Gasteiger partial charge < -0.3 is 19.9 Å². The quantitative estimate of drug-likeness (QED) is 0.497. The Morgan fingerprint density at radius 1 is 1.19 bits per heavy atom. The van der Waals surface area contributed by atoms with Crippen LogP contribution in [0.2, 0.25) is 0 Å². The van der Waals surface area contributed by atoms with Crippen molar-refractivity contribution in [3.8, 4) is 0 Å². The number of aliphatic hydroxyl groups is 1. The summed E-state index contributed by atoms with van der Waals surface area (Å²) in [7, 11) is 1.71. The van der Waals surface area contributed by atoms with Crippen LogP contribution >= 0.6 is 0 Å². The fourth-order valence-electron chi connectivity index (χ4n) is 1.29. The molecule has 16 heavy (non-hydrogen) atoms. The van der Waals surface area contributed by atoms with Gasteiger partial charge >= 0.3 is 0 Å². The van der Waals surface area contributed by atoms with Gasteiger partial charge in [0.15, 0.2) is 0 Å². The molecule has 1 atom stereocenters. The van der Waals surface area contributed by atoms with Gasteiger partial charge in [0.05, 0.1) is 12.7 Å². The monoisotopic (exact) mass is 233 g/mol. The van der Waals surface area contributed by atoms with Crippen LogP contribution in [0, 0.1) is 0 Å². The molecule has 0 aromatic heterocycles. The van der Waals surface area contributed by atoms with Crippen molar-refractivity contribution in [1.82, 2.24) is 5.32 Å². The van der Waals surface area contributed by atoms with E-state index in [9.17, 15) is 5.11 Å². The maximum Gasteiger partial charge on any atom is 0.0897 e. The fourth-order valence-corrected chi connectivity index (χ4v) is 1.29. The lowest BCUT2D eigenvalue weighted by atomic mass is 10.3. The van der Waals surface area contributed by atoms with Crippen molar-refractivity contribution in [2.24, 2.45) is 0 Å². The summed E-state index contributed by atoms with van der Waals surface area (Å²) in [5.41, 5.74) is 0. The van der Waals surface area contributed by atoms with Gasteiger partial charge in [0.2, 0.25) is 0 Å². The molecule has 98 valence electrons. The highest BCUT2D eigenvalue weighted by atomic mass is 16.5. The van der Waals surface area contributed by atoms with Crippen LogP contribution in [0.3, 0.4) is 0 Å². The lowest BCUT2D eigenvalue weighted by molar-refractivity contribution is 0.0359. The molecule has 0 amide bonds. The minimum atomic E-state index is -0.390. The van der Waals surface area contributed by atoms with Crippen LogP contribution in [-0.2, 0) is 9.47 Å². The molecular weight excluding hydrogens is 206 g/mol. The number of methoxy groups -OCH3 is 1. The van der Waals surface area contributed by atoms with Crippen LogP contribution in [0.15, 0.2) is 0 Å². The minimum Gasteiger partial charge on any atom is -0.389 e. The number of unbranched alkanes of at least 4 members (excludes halogenated alkanes) is 2. The molecule has 4 heteroatoms. The maximum absolute atomic E-state index is 9.54. The van der Waals surface area contributed by atoms with Crippen molar-refractivity contribution in [2.75, 3.05) is 40.0 Å². The Morgan fingerprint density at radius 3 is 2.69 bits per heavy atom. The molecule has 0 rings (SSSR count). The lowest BCUT2D eigenvalue weighted by Gasteiger charge is -2.12. The zero-order chi connectivity index (χ0) is 12.1. The highest BCUT2D eigenvalue weighted by Crippen LogP contribution is 1.91. The van der Waals surface area contributed by atoms with Crippen LogP contribution in [-0.4, -0.2) is 51.2 Å². The van der Waals surface area contributed by atoms with E-state index >= 15 is 0 Å². The first-order valence-corrected chi connectivity index (χ1v) is 6.26. The second-order valence-corrected chi connectivity index (χ2v) is 3.99. The first kappa shape index (κ1) is 15.8. The van der Waals surface area contributed by atoms with Crippen LogP contribution in [0.4, 0.5) is 0 Å². The average molecular weight is 233 g/mol. The van der Waals surface area contributed by atoms with Gasteiger partial charge in [-0.25, -0.2) is 0 Å². The molecule has 1 unspecified atom stereocenters. The smallest absolute Gasteiger partial charge is 0.0897 e. The number of hydrogen-bond donors (Lipinski definition) is 2. The van der Waals surface area contributed by atoms with Gasteiger partial charge in [-0.15, -0.1) is 0 Å². The summed E-state index contributed by atoms with van der Waals surface area (Å²) >= 11 is 0. The van der Waals surface area contributed by atoms with Gasteiger partial charge in [-0.1, -0.05) is 13.3 Å². The first-order chi connectivity index (χ1) is 7.81. The Morgan fingerprint density at radius 2 is 2.00 bits per heavy atom. The highest BCUT2D eigenvalue weighted by Gasteiger charge is 2.02. The van der Waals surface area contributed by atoms with Gasteiger partial charge in [-0.05, 0) is 25.8 Å². The second kappa shape index (κ2) is 12.9. The van der Waals surface area contributed by atoms with E-state index in [4.69, 9.17) is 9.47 Å². The van der Waals surface area contributed by atoms with E-state index in [0.29, 0.717) is 13.2 Å². The fraction of sp³-hybridized carbons (Fsp3) is 1.00. The number of nitrogens with one attached hydrogen (secondary N) is 1. The zero-order valence-corrected chi connectivity index (χ0v) is 10.7. The van der Waals surface area contributed by atoms with Gasteiger partial charge in [-0.3, -0.25) is 0 Å². The molecule has 0 aromatic rings. The summed E-state index contributed by atoms with van der Waals surface area (Å²) in [4.78, 5) is 0. The molecule has 2 N–H and O–H groups in total. The SMILES string of the molecule is CCCCOCC(O)CNCCCCOC. The van der Waals surface area contributed by atoms with Crippen LogP contribution in [0.25, 0.3) is 0 Å². The Hall–Kier alpha value is -0.160. The van der Waals surface area contributed by atoms with Gasteiger partial charge in [-0.2, -0.15) is 0 Å². The van der Waals surface area contributed by atoms with E-state index in [1.54, 1.807) is 7.11 Å². The standard InChI is InChI=1S/C12H27NO3/c1-3-4-9-16-11-12(14)10-13-7-5-6-8-15-2/h12-14H,3-11H2,1-2H3. The van der Waals surface area contributed by atoms with E-state index in [0.717, 1.165) is 45.4 Å². The van der Waals surface area contributed by atoms with Gasteiger partial charge in [0, 0.05) is 26.9 Å². The number of ether oxygens (including phenoxy) is 2. The van der Waals surface area contributed by atoms with Crippen molar-refractivity contribution in [1.29, 1.82) is 0 Å². The molecule has 0 saturated heterocycles. The van der Waals surface area contributed by atoms with Crippen molar-refractivity contribution < 1.29 is 14.6 Å². The summed E-state index contributed by atoms with van der Waals surface area (Å²) < 4.78 is 10.3. The molecule has 4 nitrogen and oxygen atoms in total. The second-order valence-electron chi connectivity index (χ2n) is 3.99. The van der Waals surface area contributed by atoms with E-state index in [1.165, 1.54) is 0 Å². The summed E-state index contributed by atoms with van der Waals surface area (Å²) in [6.45, 7) is 5.66. The zero-order valence-electron chi connectivity index (χ0n) is 10.7. The first-order valence-electron chi connectivity index (χ1n) is 6.26.